The summed E-state index contributed by atoms with van der Waals surface area (Å²) in [6.07, 6.45) is 21.1. The average Bonchev–Trinajstić information content (AvgIpc) is 0.700. The van der Waals surface area contributed by atoms with Gasteiger partial charge in [-0.3, -0.25) is 4.79 Å². The quantitative estimate of drug-likeness (QED) is 0.0457. The predicted octanol–water partition coefficient (Wildman–Crippen LogP) is 25.3. The molecule has 0 saturated heterocycles. The summed E-state index contributed by atoms with van der Waals surface area (Å²) in [6.45, 7) is 28.7. The fraction of sp³-hybridized carbons (Fsp3) is 0.491. The van der Waals surface area contributed by atoms with Crippen LogP contribution >= 0.6 is 31.9 Å². The monoisotopic (exact) mass is 1770 g/mol. The number of carbonyl (C=O) groups excluding carboxylic acids is 5. The number of halogens is 2. The van der Waals surface area contributed by atoms with Crippen molar-refractivity contribution in [1.82, 2.24) is 0 Å². The van der Waals surface area contributed by atoms with E-state index in [9.17, 15) is 29.1 Å². The molecule has 8 aromatic rings. The van der Waals surface area contributed by atoms with Gasteiger partial charge in [0.25, 0.3) is 0 Å². The number of carbonyl (C=O) groups is 5. The number of ketones is 1. The minimum atomic E-state index is -1.03. The van der Waals surface area contributed by atoms with Crippen LogP contribution in [0.5, 0.6) is 0 Å². The van der Waals surface area contributed by atoms with Crippen LogP contribution in [-0.2, 0) is 52.3 Å². The second-order valence-electron chi connectivity index (χ2n) is 40.2. The third-order valence-corrected chi connectivity index (χ3v) is 27.3. The van der Waals surface area contributed by atoms with Gasteiger partial charge in [0.15, 0.2) is 0 Å². The molecule has 16 heteroatoms. The Kier molecular flexibility index (Phi) is 32.3. The zero-order valence-electron chi connectivity index (χ0n) is 74.9. The van der Waals surface area contributed by atoms with Gasteiger partial charge < -0.3 is 35.7 Å². The molecule has 12 bridgehead atoms. The molecule has 13 aliphatic rings. The van der Waals surface area contributed by atoms with Crippen molar-refractivity contribution in [2.75, 3.05) is 23.0 Å². The molecule has 1 spiro atoms. The fourth-order valence-corrected chi connectivity index (χ4v) is 22.4. The molecular formula is C106H131Br2LiN2O11. The molecule has 21 rings (SSSR count). The smallest absolute Gasteiger partial charge is 0.443 e. The van der Waals surface area contributed by atoms with Crippen molar-refractivity contribution < 1.29 is 71.6 Å². The Morgan fingerprint density at radius 2 is 0.762 bits per heavy atom. The normalized spacial score (nSPS) is 24.4. The molecule has 12 fully saturated rings. The first kappa shape index (κ1) is 94.9. The van der Waals surface area contributed by atoms with Gasteiger partial charge in [0.2, 0.25) is 0 Å². The molecule has 8 aromatic carbocycles. The third kappa shape index (κ3) is 24.1. The number of hydrogen-bond donors (Lipinski definition) is 1. The molecule has 12 saturated carbocycles. The van der Waals surface area contributed by atoms with Gasteiger partial charge in [0.05, 0.1) is 41.6 Å². The number of ether oxygens (including phenoxy) is 5. The molecule has 1 N–H and O–H groups in total. The van der Waals surface area contributed by atoms with Crippen molar-refractivity contribution in [2.24, 2.45) is 81.8 Å². The molecule has 0 radical (unpaired) electrons. The van der Waals surface area contributed by atoms with Gasteiger partial charge >= 0.3 is 43.4 Å². The number of nitrogens with zero attached hydrogens (tertiary/aromatic N) is 2. The van der Waals surface area contributed by atoms with E-state index >= 15 is 0 Å². The van der Waals surface area contributed by atoms with Crippen LogP contribution in [-0.4, -0.2) is 59.8 Å². The van der Waals surface area contributed by atoms with E-state index in [1.807, 2.05) is 204 Å². The summed E-state index contributed by atoms with van der Waals surface area (Å²) >= 11 is 7.05. The van der Waals surface area contributed by atoms with Crippen LogP contribution in [0.25, 0.3) is 0 Å². The number of rotatable bonds is 10. The molecule has 0 aromatic heterocycles. The molecule has 646 valence electrons. The van der Waals surface area contributed by atoms with Crippen LogP contribution in [0.1, 0.15) is 238 Å². The zero-order valence-corrected chi connectivity index (χ0v) is 78.0. The van der Waals surface area contributed by atoms with Gasteiger partial charge in [0, 0.05) is 31.8 Å². The van der Waals surface area contributed by atoms with Crippen LogP contribution in [0.2, 0.25) is 0 Å². The van der Waals surface area contributed by atoms with E-state index in [1.165, 1.54) is 92.6 Å². The van der Waals surface area contributed by atoms with Crippen molar-refractivity contribution >= 4 is 84.9 Å². The van der Waals surface area contributed by atoms with Crippen molar-refractivity contribution in [1.29, 1.82) is 0 Å². The minimum absolute atomic E-state index is 0. The standard InChI is InChI=1S/C27H33NO3.C23H24.C17H18BrNO2.C13H11Br.C12H22O5.C10H14O.C4H9.Li/c1-26(2,3)31-25(29)28(22-9-5-4-6-10-22)24-12-8-7-11-23(24)27(30)20-14-18-13-19(16-20)17-21(27)15-18;1-3-7-21-17(5-1)14-18-6-2-4-8-22(18)23(21)19-10-15-9-16(12-19)13-20(23)11-15;1-17(2,3)21-16(20)19(13-9-5-4-6-10-13)15-12-8-7-11-14(15)18;14-13-9-5-4-8-12(13)10-11-6-2-1-3-7-11;1-11(2,3)7-15-9(13)17-10(14)16-8-12(4,5)6;11-10-8-2-6-1-7(4-8)5-9(10)3-6;1-3-4-2;/h4-12,18-21,30H,13-17H2,1-3H3;1-8,15-16,19-20H,9-14H2;4-12H,1-3H3;1-9H,10H2;7-8H2,1-6H3;6-9H,1-5H2;1,3-4H2,2H3;/q;;;;;;-1;+1. The largest absolute Gasteiger partial charge is 1.00 e. The number of fused-ring (bicyclic) bond motifs is 2. The summed E-state index contributed by atoms with van der Waals surface area (Å²) in [7, 11) is 0. The van der Waals surface area contributed by atoms with Gasteiger partial charge in [-0.25, -0.2) is 29.0 Å². The fourth-order valence-electron chi connectivity index (χ4n) is 21.5. The van der Waals surface area contributed by atoms with Crippen molar-refractivity contribution in [3.63, 3.8) is 0 Å². The van der Waals surface area contributed by atoms with Crippen LogP contribution in [0, 0.1) is 88.8 Å². The SMILES string of the molecule is Brc1ccccc1Cc1ccccc1.CC(C)(C)COC(=O)OC(=O)OCC(C)(C)C.CC(C)(C)OC(=O)N(c1ccccc1)c1ccccc1Br.CC(C)(C)OC(=O)N(c1ccccc1)c1ccccc1C1(O)C2CC3CC(C2)CC1C3.O=C1C2CC3CC(C2)CC1C3.[CH2-]CCC.[Li+].c1ccc2c(c1)Cc1ccccc1C21C2CC3CC(C2)CC1C3. The number of para-hydroxylation sites is 4. The second kappa shape index (κ2) is 41.6. The maximum absolute atomic E-state index is 13.4. The number of hydrogen-bond acceptors (Lipinski definition) is 11. The molecule has 13 nitrogen and oxygen atoms in total. The van der Waals surface area contributed by atoms with E-state index in [0.29, 0.717) is 23.0 Å². The Bertz CT molecular complexity index is 4610. The van der Waals surface area contributed by atoms with Crippen LogP contribution < -0.4 is 28.7 Å². The van der Waals surface area contributed by atoms with Gasteiger partial charge in [-0.15, -0.1) is 0 Å². The molecule has 122 heavy (non-hydrogen) atoms. The number of anilines is 4. The summed E-state index contributed by atoms with van der Waals surface area (Å²) in [5, 5.41) is 12.3. The van der Waals surface area contributed by atoms with Crippen molar-refractivity contribution in [3.05, 3.63) is 267 Å². The maximum Gasteiger partial charge on any atom is 1.00 e. The first-order valence-corrected chi connectivity index (χ1v) is 46.2. The summed E-state index contributed by atoms with van der Waals surface area (Å²) in [6, 6.07) is 72.2. The molecule has 0 aliphatic heterocycles. The summed E-state index contributed by atoms with van der Waals surface area (Å²) in [4.78, 5) is 63.0. The Balaban J connectivity index is 0.000000145. The number of aliphatic hydroxyl groups is 1. The third-order valence-electron chi connectivity index (χ3n) is 25.9. The van der Waals surface area contributed by atoms with Crippen molar-refractivity contribution in [3.8, 4) is 0 Å². The first-order valence-electron chi connectivity index (χ1n) is 44.6. The van der Waals surface area contributed by atoms with Crippen LogP contribution in [0.15, 0.2) is 221 Å². The second-order valence-corrected chi connectivity index (χ2v) is 41.9. The maximum atomic E-state index is 13.4. The van der Waals surface area contributed by atoms with E-state index in [4.69, 9.17) is 18.9 Å². The van der Waals surface area contributed by atoms with E-state index in [0.717, 1.165) is 125 Å². The Morgan fingerprint density at radius 3 is 1.16 bits per heavy atom. The number of benzene rings is 8. The van der Waals surface area contributed by atoms with E-state index in [-0.39, 0.29) is 54.7 Å². The molecule has 13 aliphatic carbocycles. The Hall–Kier alpha value is -7.77. The van der Waals surface area contributed by atoms with Gasteiger partial charge in [-0.2, -0.15) is 6.42 Å². The Morgan fingerprint density at radius 1 is 0.426 bits per heavy atom. The van der Waals surface area contributed by atoms with E-state index < -0.39 is 41.3 Å². The van der Waals surface area contributed by atoms with Crippen LogP contribution in [0.4, 0.5) is 41.9 Å². The zero-order chi connectivity index (χ0) is 86.6. The number of Topliss-reactive ketones (excluding diaryl/α,β-unsaturated/α-hetero) is 1. The summed E-state index contributed by atoms with van der Waals surface area (Å²) in [5.41, 5.74) is 11.1. The molecule has 2 amide bonds. The van der Waals surface area contributed by atoms with Gasteiger partial charge in [-0.1, -0.05) is 235 Å². The van der Waals surface area contributed by atoms with Gasteiger partial charge in [-0.05, 0) is 319 Å². The van der Waals surface area contributed by atoms with Crippen molar-refractivity contribution in [2.45, 2.75) is 234 Å². The van der Waals surface area contributed by atoms with Gasteiger partial charge in [0.1, 0.15) is 17.0 Å². The minimum Gasteiger partial charge on any atom is -0.443 e. The Labute approximate surface area is 757 Å². The summed E-state index contributed by atoms with van der Waals surface area (Å²) < 4.78 is 27.2. The van der Waals surface area contributed by atoms with Crippen LogP contribution in [0.3, 0.4) is 0 Å². The summed E-state index contributed by atoms with van der Waals surface area (Å²) in [5.74, 6) is 9.40. The van der Waals surface area contributed by atoms with E-state index in [2.05, 4.69) is 141 Å². The molecule has 0 atom stereocenters. The van der Waals surface area contributed by atoms with E-state index in [1.54, 1.807) is 32.1 Å². The predicted molar refractivity (Wildman–Crippen MR) is 493 cm³/mol. The topological polar surface area (TPSA) is 158 Å². The number of unbranched alkanes of at least 4 members (excludes halogenated alkanes) is 1. The molecular weight excluding hydrogens is 1640 g/mol. The molecule has 0 heterocycles. The number of amides is 2. The first-order chi connectivity index (χ1) is 57.6. The average molecular weight is 1780 g/mol. The molecule has 0 unspecified atom stereocenters.